The first-order valence-electron chi connectivity index (χ1n) is 10.4. The van der Waals surface area contributed by atoms with Gasteiger partial charge in [-0.2, -0.15) is 4.98 Å². The molecular formula is C24H27N3O3. The zero-order chi connectivity index (χ0) is 20.9. The lowest BCUT2D eigenvalue weighted by Gasteiger charge is -2.32. The van der Waals surface area contributed by atoms with Gasteiger partial charge in [0, 0.05) is 25.1 Å². The third kappa shape index (κ3) is 4.70. The number of benzene rings is 2. The molecule has 1 amide bonds. The van der Waals surface area contributed by atoms with Crippen LogP contribution in [0.2, 0.25) is 0 Å². The molecule has 30 heavy (non-hydrogen) atoms. The minimum Gasteiger partial charge on any atom is -0.484 e. The van der Waals surface area contributed by atoms with Gasteiger partial charge in [-0.3, -0.25) is 4.79 Å². The predicted molar refractivity (Wildman–Crippen MR) is 114 cm³/mol. The first-order chi connectivity index (χ1) is 14.6. The van der Waals surface area contributed by atoms with E-state index in [9.17, 15) is 4.79 Å². The van der Waals surface area contributed by atoms with Crippen molar-refractivity contribution in [3.8, 4) is 17.1 Å². The molecule has 156 valence electrons. The summed E-state index contributed by atoms with van der Waals surface area (Å²) in [5.41, 5.74) is 3.14. The second kappa shape index (κ2) is 9.11. The van der Waals surface area contributed by atoms with Crippen molar-refractivity contribution < 1.29 is 14.1 Å². The van der Waals surface area contributed by atoms with Crippen LogP contribution >= 0.6 is 0 Å². The Hall–Kier alpha value is -3.15. The second-order valence-corrected chi connectivity index (χ2v) is 7.93. The Labute approximate surface area is 176 Å². The van der Waals surface area contributed by atoms with E-state index in [-0.39, 0.29) is 12.5 Å². The highest BCUT2D eigenvalue weighted by atomic mass is 16.5. The van der Waals surface area contributed by atoms with E-state index in [4.69, 9.17) is 9.26 Å². The van der Waals surface area contributed by atoms with Crippen molar-refractivity contribution in [2.45, 2.75) is 33.1 Å². The Morgan fingerprint density at radius 2 is 1.90 bits per heavy atom. The summed E-state index contributed by atoms with van der Waals surface area (Å²) in [4.78, 5) is 19.1. The lowest BCUT2D eigenvalue weighted by Crippen LogP contribution is -2.42. The molecule has 1 aliphatic rings. The van der Waals surface area contributed by atoms with Crippen LogP contribution in [0.1, 0.15) is 29.9 Å². The quantitative estimate of drug-likeness (QED) is 0.614. The van der Waals surface area contributed by atoms with Crippen LogP contribution in [0.5, 0.6) is 5.75 Å². The van der Waals surface area contributed by atoms with E-state index in [1.165, 1.54) is 0 Å². The molecule has 1 aliphatic heterocycles. The van der Waals surface area contributed by atoms with Gasteiger partial charge in [0.1, 0.15) is 5.75 Å². The molecule has 0 N–H and O–H groups in total. The largest absolute Gasteiger partial charge is 0.484 e. The summed E-state index contributed by atoms with van der Waals surface area (Å²) >= 11 is 0. The molecule has 1 saturated heterocycles. The zero-order valence-electron chi connectivity index (χ0n) is 17.5. The Kier molecular flexibility index (Phi) is 6.12. The topological polar surface area (TPSA) is 68.5 Å². The number of aryl methyl sites for hydroxylation is 2. The van der Waals surface area contributed by atoms with E-state index in [0.717, 1.165) is 41.8 Å². The molecule has 6 nitrogen and oxygen atoms in total. The van der Waals surface area contributed by atoms with Crippen molar-refractivity contribution in [1.82, 2.24) is 15.0 Å². The maximum absolute atomic E-state index is 12.7. The minimum atomic E-state index is 0.0223. The van der Waals surface area contributed by atoms with Crippen molar-refractivity contribution >= 4 is 5.91 Å². The highest BCUT2D eigenvalue weighted by molar-refractivity contribution is 5.78. The van der Waals surface area contributed by atoms with Gasteiger partial charge >= 0.3 is 0 Å². The van der Waals surface area contributed by atoms with Gasteiger partial charge in [-0.05, 0) is 49.8 Å². The van der Waals surface area contributed by atoms with Crippen molar-refractivity contribution in [3.05, 3.63) is 65.5 Å². The van der Waals surface area contributed by atoms with Gasteiger partial charge < -0.3 is 14.2 Å². The van der Waals surface area contributed by atoms with Crippen molar-refractivity contribution in [2.75, 3.05) is 19.7 Å². The first-order valence-corrected chi connectivity index (χ1v) is 10.4. The number of ether oxygens (including phenoxy) is 1. The second-order valence-electron chi connectivity index (χ2n) is 7.93. The maximum atomic E-state index is 12.7. The standard InChI is InChI=1S/C24H27N3O3/c1-17-8-3-5-11-20(17)24-25-22(30-26-24)14-19-10-7-13-27(15-19)23(28)16-29-21-12-6-4-9-18(21)2/h3-6,8-9,11-12,19H,7,10,13-16H2,1-2H3. The van der Waals surface area contributed by atoms with Crippen LogP contribution in [0.15, 0.2) is 53.1 Å². The van der Waals surface area contributed by atoms with Crippen molar-refractivity contribution in [3.63, 3.8) is 0 Å². The third-order valence-electron chi connectivity index (χ3n) is 5.63. The van der Waals surface area contributed by atoms with Gasteiger partial charge in [-0.1, -0.05) is 47.6 Å². The lowest BCUT2D eigenvalue weighted by atomic mass is 9.94. The molecule has 0 radical (unpaired) electrons. The number of nitrogens with zero attached hydrogens (tertiary/aromatic N) is 3. The highest BCUT2D eigenvalue weighted by Crippen LogP contribution is 2.24. The zero-order valence-corrected chi connectivity index (χ0v) is 17.5. The number of carbonyl (C=O) groups is 1. The number of hydrogen-bond acceptors (Lipinski definition) is 5. The summed E-state index contributed by atoms with van der Waals surface area (Å²) in [6, 6.07) is 15.8. The van der Waals surface area contributed by atoms with Crippen LogP contribution in [-0.2, 0) is 11.2 Å². The van der Waals surface area contributed by atoms with E-state index >= 15 is 0 Å². The molecule has 1 atom stereocenters. The Balaban J connectivity index is 1.33. The van der Waals surface area contributed by atoms with Gasteiger partial charge in [0.15, 0.2) is 6.61 Å². The number of carbonyl (C=O) groups excluding carboxylic acids is 1. The summed E-state index contributed by atoms with van der Waals surface area (Å²) in [6.45, 7) is 5.54. The van der Waals surface area contributed by atoms with Crippen LogP contribution < -0.4 is 4.74 Å². The molecule has 1 fully saturated rings. The Bertz CT molecular complexity index is 1010. The first kappa shape index (κ1) is 20.1. The average molecular weight is 405 g/mol. The fraction of sp³-hybridized carbons (Fsp3) is 0.375. The van der Waals surface area contributed by atoms with E-state index in [1.807, 2.05) is 67.3 Å². The Morgan fingerprint density at radius 3 is 2.70 bits per heavy atom. The number of likely N-dealkylation sites (tertiary alicyclic amines) is 1. The smallest absolute Gasteiger partial charge is 0.260 e. The summed E-state index contributed by atoms with van der Waals surface area (Å²) in [5.74, 6) is 2.34. The molecule has 0 bridgehead atoms. The van der Waals surface area contributed by atoms with Crippen LogP contribution in [0.3, 0.4) is 0 Å². The number of aromatic nitrogens is 2. The SMILES string of the molecule is Cc1ccccc1OCC(=O)N1CCCC(Cc2nc(-c3ccccc3C)no2)C1. The fourth-order valence-corrected chi connectivity index (χ4v) is 3.93. The fourth-order valence-electron chi connectivity index (χ4n) is 3.93. The Morgan fingerprint density at radius 1 is 1.13 bits per heavy atom. The summed E-state index contributed by atoms with van der Waals surface area (Å²) < 4.78 is 11.2. The van der Waals surface area contributed by atoms with Gasteiger partial charge in [0.05, 0.1) is 0 Å². The molecule has 1 unspecified atom stereocenters. The van der Waals surface area contributed by atoms with Crippen molar-refractivity contribution in [2.24, 2.45) is 5.92 Å². The average Bonchev–Trinajstić information content (AvgIpc) is 3.21. The van der Waals surface area contributed by atoms with Gasteiger partial charge in [0.25, 0.3) is 5.91 Å². The highest BCUT2D eigenvalue weighted by Gasteiger charge is 2.26. The van der Waals surface area contributed by atoms with Crippen LogP contribution in [0.25, 0.3) is 11.4 Å². The summed E-state index contributed by atoms with van der Waals surface area (Å²) in [6.07, 6.45) is 2.70. The molecule has 0 saturated carbocycles. The maximum Gasteiger partial charge on any atom is 0.260 e. The molecule has 3 aromatic rings. The molecule has 0 spiro atoms. The number of hydrogen-bond donors (Lipinski definition) is 0. The molecule has 2 heterocycles. The minimum absolute atomic E-state index is 0.0223. The van der Waals surface area contributed by atoms with E-state index in [1.54, 1.807) is 0 Å². The summed E-state index contributed by atoms with van der Waals surface area (Å²) in [7, 11) is 0. The number of para-hydroxylation sites is 1. The van der Waals surface area contributed by atoms with Crippen molar-refractivity contribution in [1.29, 1.82) is 0 Å². The van der Waals surface area contributed by atoms with Crippen LogP contribution in [-0.4, -0.2) is 40.6 Å². The monoisotopic (exact) mass is 405 g/mol. The molecular weight excluding hydrogens is 378 g/mol. The molecule has 6 heteroatoms. The lowest BCUT2D eigenvalue weighted by molar-refractivity contribution is -0.135. The van der Waals surface area contributed by atoms with Gasteiger partial charge in [-0.15, -0.1) is 0 Å². The molecule has 1 aromatic heterocycles. The van der Waals surface area contributed by atoms with E-state index < -0.39 is 0 Å². The number of piperidine rings is 1. The predicted octanol–water partition coefficient (Wildman–Crippen LogP) is 4.21. The number of rotatable bonds is 6. The van der Waals surface area contributed by atoms with Crippen LogP contribution in [0.4, 0.5) is 0 Å². The summed E-state index contributed by atoms with van der Waals surface area (Å²) in [5, 5.41) is 4.15. The van der Waals surface area contributed by atoms with Crippen LogP contribution in [0, 0.1) is 19.8 Å². The number of amides is 1. The normalized spacial score (nSPS) is 16.5. The van der Waals surface area contributed by atoms with Gasteiger partial charge in [0.2, 0.25) is 11.7 Å². The van der Waals surface area contributed by atoms with E-state index in [0.29, 0.717) is 30.6 Å². The van der Waals surface area contributed by atoms with Gasteiger partial charge in [-0.25, -0.2) is 0 Å². The molecule has 0 aliphatic carbocycles. The van der Waals surface area contributed by atoms with E-state index in [2.05, 4.69) is 10.1 Å². The molecule has 2 aromatic carbocycles. The molecule has 4 rings (SSSR count). The third-order valence-corrected chi connectivity index (χ3v) is 5.63.